The number of aromatic nitrogens is 1. The number of rotatable bonds is 5. The molecule has 4 nitrogen and oxygen atoms in total. The van der Waals surface area contributed by atoms with Crippen molar-refractivity contribution in [1.82, 2.24) is 15.6 Å². The van der Waals surface area contributed by atoms with Crippen LogP contribution in [0.1, 0.15) is 35.8 Å². The van der Waals surface area contributed by atoms with Gasteiger partial charge in [0.2, 0.25) is 0 Å². The maximum Gasteiger partial charge on any atom is 0.316 e. The van der Waals surface area contributed by atoms with Crippen molar-refractivity contribution in [2.45, 2.75) is 19.0 Å². The summed E-state index contributed by atoms with van der Waals surface area (Å²) < 4.78 is 0. The van der Waals surface area contributed by atoms with Gasteiger partial charge < -0.3 is 10.6 Å². The van der Waals surface area contributed by atoms with E-state index in [1.54, 1.807) is 6.20 Å². The molecular weight excluding hydrogens is 346 g/mol. The topological polar surface area (TPSA) is 54.0 Å². The minimum absolute atomic E-state index is 0.219. The second-order valence-electron chi connectivity index (χ2n) is 5.96. The van der Waals surface area contributed by atoms with E-state index in [4.69, 9.17) is 11.6 Å². The fraction of sp³-hybridized carbons (Fsp3) is 0.143. The Morgan fingerprint density at radius 2 is 1.62 bits per heavy atom. The predicted octanol–water partition coefficient (Wildman–Crippen LogP) is 4.88. The van der Waals surface area contributed by atoms with Crippen LogP contribution < -0.4 is 10.6 Å². The molecule has 5 heteroatoms. The van der Waals surface area contributed by atoms with Crippen LogP contribution in [0.5, 0.6) is 0 Å². The average molecular weight is 366 g/mol. The molecule has 26 heavy (non-hydrogen) atoms. The molecule has 1 aromatic heterocycles. The molecule has 132 valence electrons. The quantitative estimate of drug-likeness (QED) is 0.676. The molecule has 2 unspecified atom stereocenters. The smallest absolute Gasteiger partial charge is 0.316 e. The van der Waals surface area contributed by atoms with Crippen molar-refractivity contribution >= 4 is 17.6 Å². The lowest BCUT2D eigenvalue weighted by molar-refractivity contribution is 0.235. The van der Waals surface area contributed by atoms with Crippen molar-refractivity contribution in [1.29, 1.82) is 0 Å². The Morgan fingerprint density at radius 3 is 2.31 bits per heavy atom. The first kappa shape index (κ1) is 18.0. The summed E-state index contributed by atoms with van der Waals surface area (Å²) in [6.07, 6.45) is 1.72. The monoisotopic (exact) mass is 365 g/mol. The Hall–Kier alpha value is -2.85. The van der Waals surface area contributed by atoms with Crippen LogP contribution in [0.3, 0.4) is 0 Å². The molecule has 3 aromatic rings. The van der Waals surface area contributed by atoms with E-state index in [-0.39, 0.29) is 18.1 Å². The van der Waals surface area contributed by atoms with Crippen LogP contribution in [0, 0.1) is 0 Å². The maximum absolute atomic E-state index is 12.6. The number of halogens is 1. The van der Waals surface area contributed by atoms with Crippen LogP contribution in [0.2, 0.25) is 5.02 Å². The Kier molecular flexibility index (Phi) is 5.87. The van der Waals surface area contributed by atoms with Crippen LogP contribution >= 0.6 is 11.6 Å². The zero-order chi connectivity index (χ0) is 18.4. The molecule has 0 aliphatic carbocycles. The van der Waals surface area contributed by atoms with E-state index in [0.29, 0.717) is 5.02 Å². The molecule has 0 radical (unpaired) electrons. The number of pyridine rings is 1. The lowest BCUT2D eigenvalue weighted by Crippen LogP contribution is -2.39. The molecule has 2 aromatic carbocycles. The largest absolute Gasteiger partial charge is 0.332 e. The predicted molar refractivity (Wildman–Crippen MR) is 104 cm³/mol. The van der Waals surface area contributed by atoms with Crippen LogP contribution in [-0.2, 0) is 0 Å². The van der Waals surface area contributed by atoms with Crippen molar-refractivity contribution in [3.63, 3.8) is 0 Å². The van der Waals surface area contributed by atoms with E-state index in [9.17, 15) is 4.79 Å². The summed E-state index contributed by atoms with van der Waals surface area (Å²) >= 11 is 6.22. The SMILES string of the molecule is CC(NC(=O)NC(c1ccccc1)c1ccccn1)c1ccccc1Cl. The standard InChI is InChI=1S/C21H20ClN3O/c1-15(17-11-5-6-12-18(17)22)24-21(26)25-20(16-9-3-2-4-10-16)19-13-7-8-14-23-19/h2-15,20H,1H3,(H2,24,25,26). The average Bonchev–Trinajstić information content (AvgIpc) is 2.68. The van der Waals surface area contributed by atoms with Crippen LogP contribution in [0.25, 0.3) is 0 Å². The number of benzene rings is 2. The fourth-order valence-electron chi connectivity index (χ4n) is 2.79. The molecule has 0 aliphatic rings. The number of nitrogens with zero attached hydrogens (tertiary/aromatic N) is 1. The third-order valence-electron chi connectivity index (χ3n) is 4.11. The summed E-state index contributed by atoms with van der Waals surface area (Å²) in [6, 6.07) is 22.1. The Labute approximate surface area is 158 Å². The minimum atomic E-state index is -0.337. The van der Waals surface area contributed by atoms with Gasteiger partial charge in [0.05, 0.1) is 17.8 Å². The van der Waals surface area contributed by atoms with E-state index >= 15 is 0 Å². The number of carbonyl (C=O) groups is 1. The van der Waals surface area contributed by atoms with Crippen LogP contribution in [0.4, 0.5) is 4.79 Å². The molecule has 2 N–H and O–H groups in total. The van der Waals surface area contributed by atoms with Crippen molar-refractivity contribution in [3.8, 4) is 0 Å². The molecular formula is C21H20ClN3O. The van der Waals surface area contributed by atoms with Crippen molar-refractivity contribution < 1.29 is 4.79 Å². The van der Waals surface area contributed by atoms with Gasteiger partial charge in [0.25, 0.3) is 0 Å². The first-order valence-electron chi connectivity index (χ1n) is 8.42. The normalized spacial score (nSPS) is 12.8. The first-order chi connectivity index (χ1) is 12.6. The van der Waals surface area contributed by atoms with Gasteiger partial charge >= 0.3 is 6.03 Å². The summed E-state index contributed by atoms with van der Waals surface area (Å²) in [5, 5.41) is 6.59. The summed E-state index contributed by atoms with van der Waals surface area (Å²) in [5.41, 5.74) is 2.62. The van der Waals surface area contributed by atoms with Gasteiger partial charge in [0, 0.05) is 11.2 Å². The summed E-state index contributed by atoms with van der Waals surface area (Å²) in [5.74, 6) is 0. The molecule has 1 heterocycles. The van der Waals surface area contributed by atoms with Crippen LogP contribution in [-0.4, -0.2) is 11.0 Å². The van der Waals surface area contributed by atoms with E-state index in [1.807, 2.05) is 79.7 Å². The number of hydrogen-bond donors (Lipinski definition) is 2. The molecule has 0 saturated heterocycles. The van der Waals surface area contributed by atoms with Crippen molar-refractivity contribution in [2.24, 2.45) is 0 Å². The number of urea groups is 1. The fourth-order valence-corrected chi connectivity index (χ4v) is 3.09. The lowest BCUT2D eigenvalue weighted by atomic mass is 10.0. The number of nitrogens with one attached hydrogen (secondary N) is 2. The lowest BCUT2D eigenvalue weighted by Gasteiger charge is -2.22. The molecule has 0 spiro atoms. The first-order valence-corrected chi connectivity index (χ1v) is 8.80. The second-order valence-corrected chi connectivity index (χ2v) is 6.37. The summed E-state index contributed by atoms with van der Waals surface area (Å²) in [4.78, 5) is 17.0. The third kappa shape index (κ3) is 4.41. The van der Waals surface area contributed by atoms with Gasteiger partial charge in [-0.3, -0.25) is 4.98 Å². The van der Waals surface area contributed by atoms with Gasteiger partial charge in [-0.1, -0.05) is 66.2 Å². The maximum atomic E-state index is 12.6. The highest BCUT2D eigenvalue weighted by Gasteiger charge is 2.19. The molecule has 2 amide bonds. The zero-order valence-corrected chi connectivity index (χ0v) is 15.1. The van der Waals surface area contributed by atoms with Crippen molar-refractivity contribution in [3.05, 3.63) is 101 Å². The van der Waals surface area contributed by atoms with Crippen LogP contribution in [0.15, 0.2) is 79.0 Å². The molecule has 0 fully saturated rings. The number of carbonyl (C=O) groups excluding carboxylic acids is 1. The molecule has 0 saturated carbocycles. The summed E-state index contributed by atoms with van der Waals surface area (Å²) in [7, 11) is 0. The Morgan fingerprint density at radius 1 is 0.923 bits per heavy atom. The molecule has 0 aliphatic heterocycles. The van der Waals surface area contributed by atoms with Gasteiger partial charge in [-0.15, -0.1) is 0 Å². The summed E-state index contributed by atoms with van der Waals surface area (Å²) in [6.45, 7) is 1.90. The highest BCUT2D eigenvalue weighted by Crippen LogP contribution is 2.23. The highest BCUT2D eigenvalue weighted by atomic mass is 35.5. The minimum Gasteiger partial charge on any atom is -0.332 e. The molecule has 0 bridgehead atoms. The van der Waals surface area contributed by atoms with E-state index in [0.717, 1.165) is 16.8 Å². The Bertz CT molecular complexity index is 816. The number of hydrogen-bond acceptors (Lipinski definition) is 2. The van der Waals surface area contributed by atoms with E-state index in [1.165, 1.54) is 0 Å². The highest BCUT2D eigenvalue weighted by molar-refractivity contribution is 6.31. The second kappa shape index (κ2) is 8.50. The van der Waals surface area contributed by atoms with Gasteiger partial charge in [-0.25, -0.2) is 4.79 Å². The molecule has 3 rings (SSSR count). The zero-order valence-electron chi connectivity index (χ0n) is 14.4. The molecule has 2 atom stereocenters. The van der Waals surface area contributed by atoms with Gasteiger partial charge in [-0.2, -0.15) is 0 Å². The van der Waals surface area contributed by atoms with Gasteiger partial charge in [0.15, 0.2) is 0 Å². The van der Waals surface area contributed by atoms with Gasteiger partial charge in [0.1, 0.15) is 0 Å². The third-order valence-corrected chi connectivity index (χ3v) is 4.46. The van der Waals surface area contributed by atoms with E-state index in [2.05, 4.69) is 15.6 Å². The Balaban J connectivity index is 1.77. The van der Waals surface area contributed by atoms with Crippen molar-refractivity contribution in [2.75, 3.05) is 0 Å². The van der Waals surface area contributed by atoms with Gasteiger partial charge in [-0.05, 0) is 36.2 Å². The number of amides is 2. The van der Waals surface area contributed by atoms with E-state index < -0.39 is 0 Å².